The van der Waals surface area contributed by atoms with Crippen molar-refractivity contribution in [2.45, 2.75) is 19.3 Å². The van der Waals surface area contributed by atoms with Crippen molar-refractivity contribution in [2.24, 2.45) is 0 Å². The first-order valence-electron chi connectivity index (χ1n) is 20.1. The van der Waals surface area contributed by atoms with E-state index < -0.39 is 0 Å². The first-order valence-corrected chi connectivity index (χ1v) is 18.6. The maximum Gasteiger partial charge on any atom is 0.135 e. The molecule has 0 spiro atoms. The Labute approximate surface area is 320 Å². The standard InChI is InChI=1S/C53H36O/c1-53(2)48-31-37(20-22-43(48)47-29-35-16-9-10-17-36(35)30-49(47)53)40-26-39(34-14-7-4-8-15-34)27-41(28-40)42-24-25-50-52-45(42)18-11-19-46(52)44-23-21-38(32-51(44)54-50)33-12-5-3-6-13-33/h3-32H,1-2H3/i26D,27D,28D. The summed E-state index contributed by atoms with van der Waals surface area (Å²) in [6.07, 6.45) is 0. The van der Waals surface area contributed by atoms with Gasteiger partial charge in [0, 0.05) is 16.4 Å². The highest BCUT2D eigenvalue weighted by atomic mass is 16.5. The normalized spacial score (nSPS) is 14.1. The summed E-state index contributed by atoms with van der Waals surface area (Å²) < 4.78 is 36.2. The third-order valence-electron chi connectivity index (χ3n) is 11.5. The molecular weight excluding hydrogens is 653 g/mol. The van der Waals surface area contributed by atoms with Gasteiger partial charge in [0.1, 0.15) is 11.5 Å². The fourth-order valence-electron chi connectivity index (χ4n) is 8.73. The molecule has 0 aromatic heterocycles. The first-order chi connectivity index (χ1) is 27.8. The Hall–Kier alpha value is -6.70. The number of rotatable bonds is 4. The van der Waals surface area contributed by atoms with Gasteiger partial charge in [-0.15, -0.1) is 0 Å². The number of fused-ring (bicyclic) bond motifs is 6. The van der Waals surface area contributed by atoms with Gasteiger partial charge >= 0.3 is 0 Å². The minimum absolute atomic E-state index is 0.172. The van der Waals surface area contributed by atoms with E-state index in [1.54, 1.807) is 0 Å². The van der Waals surface area contributed by atoms with Crippen LogP contribution in [0.3, 0.4) is 0 Å². The van der Waals surface area contributed by atoms with Crippen LogP contribution in [0.1, 0.15) is 29.1 Å². The van der Waals surface area contributed by atoms with E-state index in [1.807, 2.05) is 60.7 Å². The van der Waals surface area contributed by atoms with Crippen LogP contribution in [0.5, 0.6) is 11.5 Å². The lowest BCUT2D eigenvalue weighted by molar-refractivity contribution is 0.487. The van der Waals surface area contributed by atoms with Crippen molar-refractivity contribution in [3.05, 3.63) is 193 Å². The summed E-state index contributed by atoms with van der Waals surface area (Å²) in [5.74, 6) is 1.54. The van der Waals surface area contributed by atoms with E-state index in [-0.39, 0.29) is 23.5 Å². The van der Waals surface area contributed by atoms with Gasteiger partial charge in [-0.25, -0.2) is 0 Å². The molecule has 0 saturated carbocycles. The molecule has 1 aliphatic carbocycles. The van der Waals surface area contributed by atoms with Gasteiger partial charge in [-0.3, -0.25) is 0 Å². The van der Waals surface area contributed by atoms with E-state index in [0.717, 1.165) is 61.2 Å². The molecule has 11 rings (SSSR count). The molecule has 9 aromatic rings. The molecule has 0 amide bonds. The van der Waals surface area contributed by atoms with Crippen molar-refractivity contribution < 1.29 is 8.85 Å². The molecule has 0 radical (unpaired) electrons. The van der Waals surface area contributed by atoms with Crippen LogP contribution in [0.25, 0.3) is 88.3 Å². The van der Waals surface area contributed by atoms with Gasteiger partial charge in [-0.05, 0) is 143 Å². The van der Waals surface area contributed by atoms with Crippen molar-refractivity contribution in [1.82, 2.24) is 0 Å². The Balaban J connectivity index is 1.12. The van der Waals surface area contributed by atoms with E-state index in [9.17, 15) is 4.11 Å². The van der Waals surface area contributed by atoms with Gasteiger partial charge < -0.3 is 4.74 Å². The SMILES string of the molecule is [2H]c1c(-c2ccccc2)c([2H])c(-c2ccc3c4c(cccc24)-c2ccc(-c4ccccc4)cc2O3)c([2H])c1-c1ccc2c(c1)C(C)(C)c1cc3ccccc3cc1-2. The maximum atomic E-state index is 9.98. The zero-order valence-electron chi connectivity index (χ0n) is 33.0. The predicted molar refractivity (Wildman–Crippen MR) is 226 cm³/mol. The second-order valence-electron chi connectivity index (χ2n) is 15.0. The molecule has 1 aliphatic heterocycles. The molecule has 0 unspecified atom stereocenters. The molecule has 1 nitrogen and oxygen atoms in total. The summed E-state index contributed by atoms with van der Waals surface area (Å²) in [7, 11) is 0. The Morgan fingerprint density at radius 2 is 0.981 bits per heavy atom. The summed E-state index contributed by atoms with van der Waals surface area (Å²) in [5.41, 5.74) is 12.8. The minimum atomic E-state index is -0.288. The number of benzene rings is 9. The monoisotopic (exact) mass is 691 g/mol. The number of hydrogen-bond acceptors (Lipinski definition) is 1. The molecule has 0 saturated heterocycles. The third-order valence-corrected chi connectivity index (χ3v) is 11.5. The van der Waals surface area contributed by atoms with Crippen LogP contribution in [0.2, 0.25) is 0 Å². The van der Waals surface area contributed by atoms with Gasteiger partial charge in [-0.2, -0.15) is 0 Å². The maximum absolute atomic E-state index is 9.98. The molecule has 9 aromatic carbocycles. The summed E-state index contributed by atoms with van der Waals surface area (Å²) in [4.78, 5) is 0. The molecule has 254 valence electrons. The highest BCUT2D eigenvalue weighted by Crippen LogP contribution is 2.52. The van der Waals surface area contributed by atoms with E-state index >= 15 is 0 Å². The first kappa shape index (κ1) is 27.9. The number of ether oxygens (including phenoxy) is 1. The topological polar surface area (TPSA) is 9.23 Å². The fraction of sp³-hybridized carbons (Fsp3) is 0.0566. The minimum Gasteiger partial charge on any atom is -0.456 e. The van der Waals surface area contributed by atoms with Crippen LogP contribution >= 0.6 is 0 Å². The quantitative estimate of drug-likeness (QED) is 0.178. The highest BCUT2D eigenvalue weighted by Gasteiger charge is 2.36. The second-order valence-corrected chi connectivity index (χ2v) is 15.0. The van der Waals surface area contributed by atoms with E-state index in [0.29, 0.717) is 16.7 Å². The lowest BCUT2D eigenvalue weighted by Gasteiger charge is -2.24. The van der Waals surface area contributed by atoms with Crippen LogP contribution in [-0.2, 0) is 5.41 Å². The molecule has 1 heteroatoms. The summed E-state index contributed by atoms with van der Waals surface area (Å²) in [5, 5.41) is 4.29. The molecule has 0 bridgehead atoms. The highest BCUT2D eigenvalue weighted by molar-refractivity contribution is 6.10. The Kier molecular flexibility index (Phi) is 6.02. The van der Waals surface area contributed by atoms with Crippen LogP contribution in [0, 0.1) is 0 Å². The van der Waals surface area contributed by atoms with Crippen molar-refractivity contribution >= 4 is 21.5 Å². The van der Waals surface area contributed by atoms with Gasteiger partial charge in [0.05, 0.1) is 4.11 Å². The second kappa shape index (κ2) is 11.7. The fourth-order valence-corrected chi connectivity index (χ4v) is 8.73. The van der Waals surface area contributed by atoms with Crippen LogP contribution in [0.15, 0.2) is 182 Å². The lowest BCUT2D eigenvalue weighted by Crippen LogP contribution is -2.15. The van der Waals surface area contributed by atoms with E-state index in [1.165, 1.54) is 33.0 Å². The Morgan fingerprint density at radius 1 is 0.389 bits per heavy atom. The zero-order chi connectivity index (χ0) is 38.6. The van der Waals surface area contributed by atoms with E-state index in [4.69, 9.17) is 4.74 Å². The van der Waals surface area contributed by atoms with Crippen LogP contribution in [0.4, 0.5) is 0 Å². The molecule has 0 N–H and O–H groups in total. The number of hydrogen-bond donors (Lipinski definition) is 0. The van der Waals surface area contributed by atoms with Gasteiger partial charge in [0.2, 0.25) is 0 Å². The molecular formula is C53H36O. The van der Waals surface area contributed by atoms with Crippen molar-refractivity contribution in [3.8, 4) is 78.3 Å². The van der Waals surface area contributed by atoms with Gasteiger partial charge in [-0.1, -0.05) is 141 Å². The molecule has 54 heavy (non-hydrogen) atoms. The van der Waals surface area contributed by atoms with Gasteiger partial charge in [0.25, 0.3) is 0 Å². The smallest absolute Gasteiger partial charge is 0.135 e. The van der Waals surface area contributed by atoms with Crippen molar-refractivity contribution in [2.75, 3.05) is 0 Å². The van der Waals surface area contributed by atoms with Crippen LogP contribution in [-0.4, -0.2) is 0 Å². The molecule has 1 heterocycles. The molecule has 2 aliphatic rings. The average molecular weight is 692 g/mol. The molecule has 0 atom stereocenters. The summed E-state index contributed by atoms with van der Waals surface area (Å²) >= 11 is 0. The lowest BCUT2D eigenvalue weighted by atomic mass is 9.81. The van der Waals surface area contributed by atoms with Crippen LogP contribution < -0.4 is 4.74 Å². The predicted octanol–water partition coefficient (Wildman–Crippen LogP) is 14.7. The zero-order valence-corrected chi connectivity index (χ0v) is 30.0. The average Bonchev–Trinajstić information content (AvgIpc) is 3.45. The summed E-state index contributed by atoms with van der Waals surface area (Å²) in [6, 6.07) is 56.8. The Bertz CT molecular complexity index is 3150. The summed E-state index contributed by atoms with van der Waals surface area (Å²) in [6.45, 7) is 4.54. The van der Waals surface area contributed by atoms with Gasteiger partial charge in [0.15, 0.2) is 0 Å². The molecule has 0 fully saturated rings. The van der Waals surface area contributed by atoms with Crippen molar-refractivity contribution in [3.63, 3.8) is 0 Å². The largest absolute Gasteiger partial charge is 0.456 e. The third kappa shape index (κ3) is 4.72. The Morgan fingerprint density at radius 3 is 1.74 bits per heavy atom. The van der Waals surface area contributed by atoms with Crippen molar-refractivity contribution in [1.29, 1.82) is 0 Å². The van der Waals surface area contributed by atoms with E-state index in [2.05, 4.69) is 117 Å².